The molecule has 158 valence electrons. The molecule has 0 aromatic heterocycles. The van der Waals surface area contributed by atoms with Gasteiger partial charge in [-0.1, -0.05) is 6.92 Å². The van der Waals surface area contributed by atoms with Gasteiger partial charge in [-0.15, -0.1) is 0 Å². The summed E-state index contributed by atoms with van der Waals surface area (Å²) in [6, 6.07) is 0. The van der Waals surface area contributed by atoms with Crippen molar-refractivity contribution in [2.24, 2.45) is 0 Å². The molecule has 14 heteroatoms. The minimum Gasteiger partial charge on any atom is -0.379 e. The molecule has 1 unspecified atom stereocenters. The van der Waals surface area contributed by atoms with E-state index in [1.165, 1.54) is 7.11 Å². The zero-order valence-electron chi connectivity index (χ0n) is 15.5. The largest absolute Gasteiger partial charge is 0.379 e. The molecule has 0 radical (unpaired) electrons. The van der Waals surface area contributed by atoms with Crippen LogP contribution in [0.3, 0.4) is 0 Å². The van der Waals surface area contributed by atoms with E-state index < -0.39 is 60.7 Å². The second kappa shape index (κ2) is 8.39. The van der Waals surface area contributed by atoms with Crippen molar-refractivity contribution < 1.29 is 43.1 Å². The van der Waals surface area contributed by atoms with Gasteiger partial charge in [-0.3, -0.25) is 0 Å². The van der Waals surface area contributed by atoms with Crippen molar-refractivity contribution in [3.8, 4) is 0 Å². The monoisotopic (exact) mass is 458 g/mol. The van der Waals surface area contributed by atoms with E-state index in [-0.39, 0.29) is 6.61 Å². The zero-order chi connectivity index (χ0) is 21.2. The number of methoxy groups -OCH3 is 1. The van der Waals surface area contributed by atoms with Gasteiger partial charge in [0.05, 0.1) is 19.3 Å². The van der Waals surface area contributed by atoms with E-state index in [0.29, 0.717) is 31.4 Å². The average molecular weight is 459 g/mol. The van der Waals surface area contributed by atoms with Crippen LogP contribution < -0.4 is 0 Å². The zero-order valence-corrected chi connectivity index (χ0v) is 18.8. The van der Waals surface area contributed by atoms with Gasteiger partial charge in [0.2, 0.25) is 4.08 Å². The smallest absolute Gasteiger partial charge is 0.226 e. The Morgan fingerprint density at radius 1 is 0.808 bits per heavy atom. The molecule has 0 saturated carbocycles. The van der Waals surface area contributed by atoms with Gasteiger partial charge in [0, 0.05) is 32.1 Å². The molecule has 0 aromatic carbocycles. The first-order chi connectivity index (χ1) is 11.4. The van der Waals surface area contributed by atoms with Gasteiger partial charge in [-0.2, -0.15) is 0 Å². The first kappa shape index (κ1) is 25.7. The number of hydrogen-bond donors (Lipinski definition) is 0. The quantitative estimate of drug-likeness (QED) is 0.362. The highest BCUT2D eigenvalue weighted by molar-refractivity contribution is 8.16. The number of hydrogen-bond acceptors (Lipinski definition) is 10. The van der Waals surface area contributed by atoms with E-state index in [1.807, 2.05) is 0 Å². The van der Waals surface area contributed by atoms with E-state index >= 15 is 0 Å². The van der Waals surface area contributed by atoms with Crippen molar-refractivity contribution in [3.63, 3.8) is 0 Å². The summed E-state index contributed by atoms with van der Waals surface area (Å²) in [6.45, 7) is 0.309. The highest BCUT2D eigenvalue weighted by atomic mass is 32.3. The molecule has 0 fully saturated rings. The standard InChI is InChI=1S/C12H26O10S4/c1-7-10(21-2)8-22-9-12(25(5,17)18,26(6,19)20)11(23(3,13)14)24(4,15)16/h10-11H,7-9H2,1-6H3. The second-order valence-corrected chi connectivity index (χ2v) is 15.5. The van der Waals surface area contributed by atoms with Crippen molar-refractivity contribution in [3.05, 3.63) is 0 Å². The number of ether oxygens (including phenoxy) is 2. The van der Waals surface area contributed by atoms with Gasteiger partial charge in [0.15, 0.2) is 43.9 Å². The van der Waals surface area contributed by atoms with Crippen molar-refractivity contribution >= 4 is 39.3 Å². The van der Waals surface area contributed by atoms with Crippen molar-refractivity contribution in [2.75, 3.05) is 45.3 Å². The lowest BCUT2D eigenvalue weighted by Gasteiger charge is -2.35. The van der Waals surface area contributed by atoms with Gasteiger partial charge in [0.1, 0.15) is 0 Å². The van der Waals surface area contributed by atoms with E-state index in [9.17, 15) is 33.7 Å². The molecule has 0 spiro atoms. The maximum atomic E-state index is 12.4. The molecule has 0 N–H and O–H groups in total. The third-order valence-corrected chi connectivity index (χ3v) is 13.9. The van der Waals surface area contributed by atoms with Crippen LogP contribution in [0, 0.1) is 0 Å². The molecular formula is C12H26O10S4. The predicted molar refractivity (Wildman–Crippen MR) is 97.8 cm³/mol. The third kappa shape index (κ3) is 5.61. The van der Waals surface area contributed by atoms with E-state index in [0.717, 1.165) is 0 Å². The number of rotatable bonds is 11. The minimum atomic E-state index is -4.77. The Balaban J connectivity index is 6.72. The fourth-order valence-electron chi connectivity index (χ4n) is 2.56. The van der Waals surface area contributed by atoms with Crippen LogP contribution in [0.15, 0.2) is 0 Å². The van der Waals surface area contributed by atoms with Gasteiger partial charge in [-0.05, 0) is 6.42 Å². The SMILES string of the molecule is CCC(COCC(C(S(C)(=O)=O)S(C)(=O)=O)(S(C)(=O)=O)S(C)(=O)=O)OC. The van der Waals surface area contributed by atoms with Crippen LogP contribution in [-0.2, 0) is 48.8 Å². The highest BCUT2D eigenvalue weighted by Crippen LogP contribution is 2.35. The predicted octanol–water partition coefficient (Wildman–Crippen LogP) is -1.37. The van der Waals surface area contributed by atoms with Crippen LogP contribution in [0.5, 0.6) is 0 Å². The molecular weight excluding hydrogens is 432 g/mol. The van der Waals surface area contributed by atoms with E-state index in [4.69, 9.17) is 9.47 Å². The molecule has 0 saturated heterocycles. The summed E-state index contributed by atoms with van der Waals surface area (Å²) in [4.78, 5) is 0. The molecule has 0 rings (SSSR count). The Morgan fingerprint density at radius 2 is 1.19 bits per heavy atom. The highest BCUT2D eigenvalue weighted by Gasteiger charge is 2.64. The van der Waals surface area contributed by atoms with Crippen LogP contribution in [0.25, 0.3) is 0 Å². The molecule has 10 nitrogen and oxygen atoms in total. The molecule has 0 aliphatic rings. The fraction of sp³-hybridized carbons (Fsp3) is 1.00. The Hall–Kier alpha value is -0.280. The van der Waals surface area contributed by atoms with Crippen molar-refractivity contribution in [2.45, 2.75) is 28.1 Å². The van der Waals surface area contributed by atoms with Crippen LogP contribution in [0.4, 0.5) is 0 Å². The molecule has 26 heavy (non-hydrogen) atoms. The molecule has 0 heterocycles. The summed E-state index contributed by atoms with van der Waals surface area (Å²) in [7, 11) is -17.5. The van der Waals surface area contributed by atoms with Gasteiger partial charge < -0.3 is 9.47 Å². The topological polar surface area (TPSA) is 155 Å². The van der Waals surface area contributed by atoms with Crippen LogP contribution >= 0.6 is 0 Å². The Morgan fingerprint density at radius 3 is 1.42 bits per heavy atom. The maximum Gasteiger partial charge on any atom is 0.226 e. The molecule has 0 amide bonds. The lowest BCUT2D eigenvalue weighted by molar-refractivity contribution is 0.00524. The first-order valence-corrected chi connectivity index (χ1v) is 14.9. The summed E-state index contributed by atoms with van der Waals surface area (Å²) in [5.41, 5.74) is 0. The minimum absolute atomic E-state index is 0.250. The molecule has 0 aliphatic carbocycles. The fourth-order valence-corrected chi connectivity index (χ4v) is 14.2. The Bertz CT molecular complexity index is 829. The third-order valence-electron chi connectivity index (χ3n) is 3.79. The van der Waals surface area contributed by atoms with Crippen molar-refractivity contribution in [1.82, 2.24) is 0 Å². The second-order valence-electron chi connectivity index (χ2n) is 6.13. The summed E-state index contributed by atoms with van der Waals surface area (Å²) < 4.78 is 102. The summed E-state index contributed by atoms with van der Waals surface area (Å²) in [5, 5.41) is 0. The lowest BCUT2D eigenvalue weighted by atomic mass is 10.3. The van der Waals surface area contributed by atoms with Crippen molar-refractivity contribution in [1.29, 1.82) is 0 Å². The van der Waals surface area contributed by atoms with Crippen LogP contribution in [0.1, 0.15) is 13.3 Å². The molecule has 1 atom stereocenters. The maximum absolute atomic E-state index is 12.4. The van der Waals surface area contributed by atoms with Gasteiger partial charge in [-0.25, -0.2) is 33.7 Å². The lowest BCUT2D eigenvalue weighted by Crippen LogP contribution is -2.62. The first-order valence-electron chi connectivity index (χ1n) is 7.23. The molecule has 0 bridgehead atoms. The Kier molecular flexibility index (Phi) is 8.30. The van der Waals surface area contributed by atoms with E-state index in [1.54, 1.807) is 6.92 Å². The van der Waals surface area contributed by atoms with E-state index in [2.05, 4.69) is 0 Å². The normalized spacial score (nSPS) is 16.0. The van der Waals surface area contributed by atoms with Gasteiger partial charge in [0.25, 0.3) is 0 Å². The summed E-state index contributed by atoms with van der Waals surface area (Å²) >= 11 is 0. The summed E-state index contributed by atoms with van der Waals surface area (Å²) in [5.74, 6) is 0. The summed E-state index contributed by atoms with van der Waals surface area (Å²) in [6.07, 6.45) is 1.80. The van der Waals surface area contributed by atoms with Crippen LogP contribution in [-0.4, -0.2) is 93.8 Å². The number of sulfone groups is 4. The van der Waals surface area contributed by atoms with Gasteiger partial charge >= 0.3 is 0 Å². The molecule has 0 aromatic rings. The molecule has 0 aliphatic heterocycles. The Labute approximate surface area is 155 Å². The average Bonchev–Trinajstić information content (AvgIpc) is 2.36. The van der Waals surface area contributed by atoms with Crippen LogP contribution in [0.2, 0.25) is 0 Å².